The summed E-state index contributed by atoms with van der Waals surface area (Å²) in [6.07, 6.45) is 0.812. The molecule has 2 aliphatic carbocycles. The van der Waals surface area contributed by atoms with Crippen LogP contribution in [0.4, 0.5) is 4.79 Å². The smallest absolute Gasteiger partial charge is 0.408 e. The number of sulfonamides is 1. The number of aliphatic hydroxyl groups excluding tert-OH is 1. The average Bonchev–Trinajstić information content (AvgIpc) is 3.95. The van der Waals surface area contributed by atoms with Crippen molar-refractivity contribution in [3.63, 3.8) is 0 Å². The molecule has 3 fully saturated rings. The zero-order chi connectivity index (χ0) is 35.9. The van der Waals surface area contributed by atoms with Gasteiger partial charge in [0, 0.05) is 23.9 Å². The largest absolute Gasteiger partial charge is 0.497 e. The molecule has 2 saturated carbocycles. The van der Waals surface area contributed by atoms with Gasteiger partial charge in [-0.05, 0) is 76.6 Å². The van der Waals surface area contributed by atoms with Gasteiger partial charge in [-0.15, -0.1) is 6.58 Å². The molecule has 2 heterocycles. The van der Waals surface area contributed by atoms with Crippen molar-refractivity contribution in [3.8, 4) is 11.6 Å². The highest BCUT2D eigenvalue weighted by Gasteiger charge is 2.62. The fourth-order valence-corrected chi connectivity index (χ4v) is 7.27. The summed E-state index contributed by atoms with van der Waals surface area (Å²) >= 11 is 0. The molecule has 16 heteroatoms. The Morgan fingerprint density at radius 3 is 2.49 bits per heavy atom. The molecule has 0 bridgehead atoms. The topological polar surface area (TPSA) is 203 Å². The van der Waals surface area contributed by atoms with Crippen molar-refractivity contribution in [2.45, 2.75) is 94.1 Å². The number of nitrogens with zero attached hydrogens (tertiary/aromatic N) is 2. The number of carbonyl (C=O) groups excluding carboxylic acids is 4. The summed E-state index contributed by atoms with van der Waals surface area (Å²) < 4.78 is 44.2. The van der Waals surface area contributed by atoms with Gasteiger partial charge in [0.25, 0.3) is 5.91 Å². The SMILES string of the molecule is C=C[C@@H]1C[C@]1(NC(=O)[C@@H]1C[C@@H](Oc2nccc3cc(OC)ccc23)CN1C(=O)[C@@H](NC(=O)OC(C)(C)C)[C@@H](C)O)C(=O)NS(=O)(=O)C1CC1. The molecular formula is C33H43N5O10S. The lowest BCUT2D eigenvalue weighted by Crippen LogP contribution is -2.60. The van der Waals surface area contributed by atoms with Gasteiger partial charge in [0.05, 0.1) is 25.0 Å². The second-order valence-corrected chi connectivity index (χ2v) is 15.7. The lowest BCUT2D eigenvalue weighted by Gasteiger charge is -2.31. The maximum Gasteiger partial charge on any atom is 0.408 e. The Balaban J connectivity index is 1.42. The standard InChI is InChI=1S/C33H43N5O10S/c1-7-20-16-33(20,30(42)37-49(44,45)23-9-10-23)36-27(40)25-15-22(47-28-24-11-8-21(46-6)14-19(24)12-13-34-28)17-38(25)29(41)26(18(2)39)35-31(43)48-32(3,4)5/h7-8,11-14,18,20,22-23,25-26,39H,1,9-10,15-17H2,2-6H3,(H,35,43)(H,36,40)(H,37,42)/t18-,20-,22-,25+,26+,33-/m1/s1. The molecule has 4 N–H and O–H groups in total. The summed E-state index contributed by atoms with van der Waals surface area (Å²) in [7, 11) is -2.37. The van der Waals surface area contributed by atoms with E-state index in [0.29, 0.717) is 24.0 Å². The quantitative estimate of drug-likeness (QED) is 0.234. The number of amides is 4. The third kappa shape index (κ3) is 7.90. The van der Waals surface area contributed by atoms with Crippen LogP contribution in [0.25, 0.3) is 10.8 Å². The molecule has 2 aromatic rings. The molecule has 266 valence electrons. The van der Waals surface area contributed by atoms with Gasteiger partial charge >= 0.3 is 6.09 Å². The monoisotopic (exact) mass is 701 g/mol. The summed E-state index contributed by atoms with van der Waals surface area (Å²) in [5, 5.41) is 16.5. The number of aromatic nitrogens is 1. The number of hydrogen-bond donors (Lipinski definition) is 4. The molecule has 4 amide bonds. The Morgan fingerprint density at radius 2 is 1.90 bits per heavy atom. The first-order chi connectivity index (χ1) is 23.0. The van der Waals surface area contributed by atoms with Gasteiger partial charge in [-0.1, -0.05) is 6.08 Å². The van der Waals surface area contributed by atoms with Crippen LogP contribution in [0.1, 0.15) is 53.4 Å². The van der Waals surface area contributed by atoms with Crippen LogP contribution < -0.4 is 24.8 Å². The number of rotatable bonds is 12. The van der Waals surface area contributed by atoms with Crippen molar-refractivity contribution >= 4 is 44.6 Å². The fourth-order valence-electron chi connectivity index (χ4n) is 5.90. The van der Waals surface area contributed by atoms with Gasteiger partial charge < -0.3 is 34.9 Å². The number of aliphatic hydroxyl groups is 1. The summed E-state index contributed by atoms with van der Waals surface area (Å²) in [4.78, 5) is 59.6. The number of pyridine rings is 1. The van der Waals surface area contributed by atoms with E-state index >= 15 is 0 Å². The molecule has 1 aromatic carbocycles. The van der Waals surface area contributed by atoms with Crippen LogP contribution in [0.2, 0.25) is 0 Å². The first kappa shape index (κ1) is 35.9. The number of nitrogens with one attached hydrogen (secondary N) is 3. The van der Waals surface area contributed by atoms with Crippen molar-refractivity contribution < 1.29 is 46.9 Å². The molecule has 3 aliphatic rings. The van der Waals surface area contributed by atoms with E-state index in [2.05, 4.69) is 26.9 Å². The summed E-state index contributed by atoms with van der Waals surface area (Å²) in [5.41, 5.74) is -2.49. The highest BCUT2D eigenvalue weighted by molar-refractivity contribution is 7.91. The van der Waals surface area contributed by atoms with Gasteiger partial charge in [0.2, 0.25) is 27.7 Å². The number of ether oxygens (including phenoxy) is 3. The van der Waals surface area contributed by atoms with Crippen LogP contribution in [0.5, 0.6) is 11.6 Å². The van der Waals surface area contributed by atoms with Crippen LogP contribution in [0.15, 0.2) is 43.1 Å². The highest BCUT2D eigenvalue weighted by atomic mass is 32.2. The van der Waals surface area contributed by atoms with Crippen LogP contribution >= 0.6 is 0 Å². The maximum absolute atomic E-state index is 14.0. The average molecular weight is 702 g/mol. The first-order valence-corrected chi connectivity index (χ1v) is 17.6. The third-order valence-electron chi connectivity index (χ3n) is 8.73. The summed E-state index contributed by atoms with van der Waals surface area (Å²) in [6.45, 7) is 9.81. The molecule has 1 saturated heterocycles. The summed E-state index contributed by atoms with van der Waals surface area (Å²) in [6, 6.07) is 4.35. The first-order valence-electron chi connectivity index (χ1n) is 16.1. The normalized spacial score (nSPS) is 24.7. The highest BCUT2D eigenvalue weighted by Crippen LogP contribution is 2.45. The van der Waals surface area contributed by atoms with Gasteiger partial charge in [-0.3, -0.25) is 19.1 Å². The fraction of sp³-hybridized carbons (Fsp3) is 0.545. The maximum atomic E-state index is 14.0. The molecule has 0 unspecified atom stereocenters. The Hall–Kier alpha value is -4.44. The van der Waals surface area contributed by atoms with Gasteiger partial charge in [-0.25, -0.2) is 18.2 Å². The summed E-state index contributed by atoms with van der Waals surface area (Å²) in [5.74, 6) is -2.12. The zero-order valence-corrected chi connectivity index (χ0v) is 28.9. The number of carbonyl (C=O) groups is 4. The zero-order valence-electron chi connectivity index (χ0n) is 28.1. The Morgan fingerprint density at radius 1 is 1.18 bits per heavy atom. The molecule has 0 radical (unpaired) electrons. The number of benzene rings is 1. The lowest BCUT2D eigenvalue weighted by molar-refractivity contribution is -0.142. The van der Waals surface area contributed by atoms with Crippen molar-refractivity contribution in [3.05, 3.63) is 43.1 Å². The molecule has 1 aliphatic heterocycles. The number of methoxy groups -OCH3 is 1. The van der Waals surface area contributed by atoms with E-state index in [4.69, 9.17) is 14.2 Å². The molecule has 15 nitrogen and oxygen atoms in total. The van der Waals surface area contributed by atoms with Crippen molar-refractivity contribution in [1.82, 2.24) is 25.2 Å². The molecule has 5 rings (SSSR count). The second kappa shape index (κ2) is 13.5. The predicted octanol–water partition coefficient (Wildman–Crippen LogP) is 1.54. The van der Waals surface area contributed by atoms with Crippen molar-refractivity contribution in [1.29, 1.82) is 0 Å². The van der Waals surface area contributed by atoms with Crippen molar-refractivity contribution in [2.24, 2.45) is 5.92 Å². The minimum absolute atomic E-state index is 0.0540. The number of hydrogen-bond acceptors (Lipinski definition) is 11. The van der Waals surface area contributed by atoms with Gasteiger partial charge in [-0.2, -0.15) is 0 Å². The molecular weight excluding hydrogens is 658 g/mol. The van der Waals surface area contributed by atoms with Crippen LogP contribution in [-0.2, 0) is 29.1 Å². The van der Waals surface area contributed by atoms with E-state index in [0.717, 1.165) is 5.39 Å². The Bertz CT molecular complexity index is 1760. The molecule has 6 atom stereocenters. The Kier molecular flexibility index (Phi) is 9.85. The van der Waals surface area contributed by atoms with E-state index in [9.17, 15) is 32.7 Å². The Labute approximate surface area is 284 Å². The van der Waals surface area contributed by atoms with E-state index in [1.165, 1.54) is 17.9 Å². The van der Waals surface area contributed by atoms with E-state index < -0.39 is 80.4 Å². The molecule has 0 spiro atoms. The number of fused-ring (bicyclic) bond motifs is 1. The van der Waals surface area contributed by atoms with Crippen LogP contribution in [0.3, 0.4) is 0 Å². The minimum Gasteiger partial charge on any atom is -0.497 e. The number of likely N-dealkylation sites (tertiary alicyclic amines) is 1. The lowest BCUT2D eigenvalue weighted by atomic mass is 10.1. The molecule has 1 aromatic heterocycles. The van der Waals surface area contributed by atoms with E-state index in [1.807, 2.05) is 0 Å². The number of alkyl carbamates (subject to hydrolysis) is 1. The van der Waals surface area contributed by atoms with Crippen LogP contribution in [-0.4, -0.2) is 102 Å². The molecule has 49 heavy (non-hydrogen) atoms. The minimum atomic E-state index is -3.92. The van der Waals surface area contributed by atoms with Gasteiger partial charge in [0.1, 0.15) is 35.1 Å². The second-order valence-electron chi connectivity index (χ2n) is 13.7. The van der Waals surface area contributed by atoms with Crippen LogP contribution in [0, 0.1) is 5.92 Å². The van der Waals surface area contributed by atoms with E-state index in [1.54, 1.807) is 58.3 Å². The van der Waals surface area contributed by atoms with E-state index in [-0.39, 0.29) is 25.3 Å². The predicted molar refractivity (Wildman–Crippen MR) is 177 cm³/mol. The van der Waals surface area contributed by atoms with Gasteiger partial charge in [0.15, 0.2) is 0 Å². The van der Waals surface area contributed by atoms with Crippen molar-refractivity contribution in [2.75, 3.05) is 13.7 Å². The third-order valence-corrected chi connectivity index (χ3v) is 10.6.